The predicted octanol–water partition coefficient (Wildman–Crippen LogP) is 4.37. The molecule has 0 unspecified atom stereocenters. The number of anilines is 1. The second-order valence-electron chi connectivity index (χ2n) is 7.21. The normalized spacial score (nSPS) is 11.3. The van der Waals surface area contributed by atoms with E-state index in [-0.39, 0.29) is 5.56 Å². The van der Waals surface area contributed by atoms with Gasteiger partial charge in [-0.15, -0.1) is 0 Å². The lowest BCUT2D eigenvalue weighted by Crippen LogP contribution is -2.21. The first kappa shape index (κ1) is 17.3. The van der Waals surface area contributed by atoms with E-state index in [2.05, 4.69) is 22.1 Å². The molecule has 3 N–H and O–H groups in total. The van der Waals surface area contributed by atoms with Gasteiger partial charge in [0.15, 0.2) is 0 Å². The SMILES string of the molecule is Nc1ccc(-c2ccc3ncn(CCc4c[nH]c5ccccc45)c(=O)c3c2)cc1. The molecule has 0 spiro atoms. The van der Waals surface area contributed by atoms with Crippen molar-refractivity contribution in [3.8, 4) is 11.1 Å². The maximum Gasteiger partial charge on any atom is 0.261 e. The van der Waals surface area contributed by atoms with Gasteiger partial charge in [0.1, 0.15) is 0 Å². The minimum Gasteiger partial charge on any atom is -0.399 e. The van der Waals surface area contributed by atoms with E-state index in [0.717, 1.165) is 28.8 Å². The summed E-state index contributed by atoms with van der Waals surface area (Å²) < 4.78 is 1.69. The van der Waals surface area contributed by atoms with E-state index in [1.165, 1.54) is 10.9 Å². The van der Waals surface area contributed by atoms with Crippen LogP contribution in [0.1, 0.15) is 5.56 Å². The Balaban J connectivity index is 1.49. The molecular weight excluding hydrogens is 360 g/mol. The Hall–Kier alpha value is -3.86. The molecule has 142 valence electrons. The number of aromatic amines is 1. The van der Waals surface area contributed by atoms with Gasteiger partial charge in [-0.3, -0.25) is 9.36 Å². The zero-order chi connectivity index (χ0) is 19.8. The van der Waals surface area contributed by atoms with Gasteiger partial charge in [0.25, 0.3) is 5.56 Å². The zero-order valence-corrected chi connectivity index (χ0v) is 15.8. The van der Waals surface area contributed by atoms with Crippen LogP contribution < -0.4 is 11.3 Å². The number of aromatic nitrogens is 3. The summed E-state index contributed by atoms with van der Waals surface area (Å²) in [5.74, 6) is 0. The number of benzene rings is 3. The van der Waals surface area contributed by atoms with Crippen LogP contribution in [-0.2, 0) is 13.0 Å². The number of hydrogen-bond donors (Lipinski definition) is 2. The Morgan fingerprint density at radius 3 is 2.59 bits per heavy atom. The van der Waals surface area contributed by atoms with Gasteiger partial charge in [0.2, 0.25) is 0 Å². The number of H-pyrrole nitrogens is 1. The first-order valence-corrected chi connectivity index (χ1v) is 9.59. The van der Waals surface area contributed by atoms with Gasteiger partial charge in [0.05, 0.1) is 17.2 Å². The van der Waals surface area contributed by atoms with Crippen molar-refractivity contribution in [3.63, 3.8) is 0 Å². The molecule has 0 bridgehead atoms. The number of para-hydroxylation sites is 1. The van der Waals surface area contributed by atoms with Crippen molar-refractivity contribution in [3.05, 3.63) is 95.2 Å². The van der Waals surface area contributed by atoms with E-state index in [9.17, 15) is 4.79 Å². The first-order chi connectivity index (χ1) is 14.2. The summed E-state index contributed by atoms with van der Waals surface area (Å²) in [6.07, 6.45) is 4.42. The maximum absolute atomic E-state index is 13.1. The number of nitrogens with zero attached hydrogens (tertiary/aromatic N) is 2. The molecular formula is C24H20N4O. The molecule has 2 heterocycles. The summed E-state index contributed by atoms with van der Waals surface area (Å²) in [6, 6.07) is 21.6. The number of rotatable bonds is 4. The van der Waals surface area contributed by atoms with E-state index < -0.39 is 0 Å². The molecule has 0 saturated carbocycles. The third-order valence-corrected chi connectivity index (χ3v) is 5.37. The van der Waals surface area contributed by atoms with E-state index in [1.54, 1.807) is 10.9 Å². The zero-order valence-electron chi connectivity index (χ0n) is 15.8. The Morgan fingerprint density at radius 1 is 0.931 bits per heavy atom. The predicted molar refractivity (Wildman–Crippen MR) is 118 cm³/mol. The quantitative estimate of drug-likeness (QED) is 0.455. The van der Waals surface area contributed by atoms with Gasteiger partial charge in [0, 0.05) is 29.3 Å². The highest BCUT2D eigenvalue weighted by Crippen LogP contribution is 2.23. The van der Waals surface area contributed by atoms with Gasteiger partial charge in [-0.1, -0.05) is 36.4 Å². The highest BCUT2D eigenvalue weighted by atomic mass is 16.1. The Bertz CT molecular complexity index is 1380. The van der Waals surface area contributed by atoms with Crippen LogP contribution in [-0.4, -0.2) is 14.5 Å². The van der Waals surface area contributed by atoms with Crippen molar-refractivity contribution in [2.24, 2.45) is 0 Å². The van der Waals surface area contributed by atoms with Gasteiger partial charge >= 0.3 is 0 Å². The summed E-state index contributed by atoms with van der Waals surface area (Å²) in [5.41, 5.74) is 11.5. The van der Waals surface area contributed by atoms with Crippen LogP contribution in [0.25, 0.3) is 32.9 Å². The Kier molecular flexibility index (Phi) is 4.13. The summed E-state index contributed by atoms with van der Waals surface area (Å²) in [5, 5.41) is 1.82. The highest BCUT2D eigenvalue weighted by molar-refractivity contribution is 5.84. The molecule has 0 saturated heterocycles. The largest absolute Gasteiger partial charge is 0.399 e. The minimum absolute atomic E-state index is 0.0212. The molecule has 0 amide bonds. The van der Waals surface area contributed by atoms with Crippen LogP contribution in [0.3, 0.4) is 0 Å². The molecule has 0 aliphatic heterocycles. The van der Waals surface area contributed by atoms with Crippen LogP contribution in [0.2, 0.25) is 0 Å². The molecule has 29 heavy (non-hydrogen) atoms. The standard InChI is InChI=1S/C24H20N4O/c25-19-8-5-16(6-9-19)17-7-10-23-21(13-17)24(29)28(15-27-23)12-11-18-14-26-22-4-2-1-3-20(18)22/h1-10,13-15,26H,11-12,25H2. The number of nitrogens with two attached hydrogens (primary N) is 1. The van der Waals surface area contributed by atoms with E-state index >= 15 is 0 Å². The Labute approximate surface area is 167 Å². The monoisotopic (exact) mass is 380 g/mol. The Morgan fingerprint density at radius 2 is 1.72 bits per heavy atom. The van der Waals surface area contributed by atoms with Crippen LogP contribution in [0.5, 0.6) is 0 Å². The fourth-order valence-electron chi connectivity index (χ4n) is 3.75. The molecule has 0 aliphatic rings. The lowest BCUT2D eigenvalue weighted by molar-refractivity contribution is 0.664. The molecule has 0 aliphatic carbocycles. The second-order valence-corrected chi connectivity index (χ2v) is 7.21. The van der Waals surface area contributed by atoms with Crippen molar-refractivity contribution < 1.29 is 0 Å². The molecule has 0 atom stereocenters. The summed E-state index contributed by atoms with van der Waals surface area (Å²) >= 11 is 0. The van der Waals surface area contributed by atoms with Crippen LogP contribution in [0.15, 0.2) is 84.0 Å². The minimum atomic E-state index is -0.0212. The molecule has 2 aromatic heterocycles. The fourth-order valence-corrected chi connectivity index (χ4v) is 3.75. The van der Waals surface area contributed by atoms with E-state index in [1.807, 2.05) is 60.8 Å². The van der Waals surface area contributed by atoms with Gasteiger partial charge < -0.3 is 10.7 Å². The van der Waals surface area contributed by atoms with Crippen molar-refractivity contribution >= 4 is 27.5 Å². The smallest absolute Gasteiger partial charge is 0.261 e. The number of hydrogen-bond acceptors (Lipinski definition) is 3. The van der Waals surface area contributed by atoms with Crippen LogP contribution in [0, 0.1) is 0 Å². The summed E-state index contributed by atoms with van der Waals surface area (Å²) in [4.78, 5) is 20.9. The van der Waals surface area contributed by atoms with Crippen LogP contribution in [0.4, 0.5) is 5.69 Å². The van der Waals surface area contributed by atoms with E-state index in [0.29, 0.717) is 17.4 Å². The van der Waals surface area contributed by atoms with Gasteiger partial charge in [-0.25, -0.2) is 4.98 Å². The molecule has 0 fully saturated rings. The maximum atomic E-state index is 13.1. The second kappa shape index (κ2) is 6.95. The molecule has 5 heteroatoms. The highest BCUT2D eigenvalue weighted by Gasteiger charge is 2.08. The van der Waals surface area contributed by atoms with E-state index in [4.69, 9.17) is 5.73 Å². The van der Waals surface area contributed by atoms with Crippen molar-refractivity contribution in [1.29, 1.82) is 0 Å². The first-order valence-electron chi connectivity index (χ1n) is 9.59. The number of fused-ring (bicyclic) bond motifs is 2. The molecule has 0 radical (unpaired) electrons. The number of aryl methyl sites for hydroxylation is 2. The van der Waals surface area contributed by atoms with Crippen molar-refractivity contribution in [2.45, 2.75) is 13.0 Å². The van der Waals surface area contributed by atoms with Gasteiger partial charge in [-0.2, -0.15) is 0 Å². The van der Waals surface area contributed by atoms with Gasteiger partial charge in [-0.05, 0) is 53.4 Å². The average molecular weight is 380 g/mol. The topological polar surface area (TPSA) is 76.7 Å². The molecule has 5 aromatic rings. The number of nitrogen functional groups attached to an aromatic ring is 1. The third kappa shape index (κ3) is 3.17. The third-order valence-electron chi connectivity index (χ3n) is 5.37. The van der Waals surface area contributed by atoms with Crippen LogP contribution >= 0.6 is 0 Å². The number of nitrogens with one attached hydrogen (secondary N) is 1. The summed E-state index contributed by atoms with van der Waals surface area (Å²) in [6.45, 7) is 0.579. The molecule has 5 rings (SSSR count). The lowest BCUT2D eigenvalue weighted by Gasteiger charge is -2.08. The average Bonchev–Trinajstić information content (AvgIpc) is 3.17. The lowest BCUT2D eigenvalue weighted by atomic mass is 10.0. The fraction of sp³-hybridized carbons (Fsp3) is 0.0833. The summed E-state index contributed by atoms with van der Waals surface area (Å²) in [7, 11) is 0. The van der Waals surface area contributed by atoms with Crippen molar-refractivity contribution in [2.75, 3.05) is 5.73 Å². The molecule has 3 aromatic carbocycles. The van der Waals surface area contributed by atoms with Crippen molar-refractivity contribution in [1.82, 2.24) is 14.5 Å². The molecule has 5 nitrogen and oxygen atoms in total.